The maximum atomic E-state index is 12.4. The fraction of sp³-hybridized carbons (Fsp3) is 0.706. The summed E-state index contributed by atoms with van der Waals surface area (Å²) < 4.78 is 0. The minimum atomic E-state index is 0.136. The Balaban J connectivity index is 1.91. The number of hydrogen-bond acceptors (Lipinski definition) is 3. The van der Waals surface area contributed by atoms with E-state index in [1.165, 1.54) is 11.3 Å². The van der Waals surface area contributed by atoms with Crippen LogP contribution in [0.3, 0.4) is 0 Å². The smallest absolute Gasteiger partial charge is 0.234 e. The first-order chi connectivity index (χ1) is 9.95. The lowest BCUT2D eigenvalue weighted by molar-refractivity contribution is -0.123. The Morgan fingerprint density at radius 3 is 2.57 bits per heavy atom. The van der Waals surface area contributed by atoms with Gasteiger partial charge in [-0.1, -0.05) is 33.8 Å². The van der Waals surface area contributed by atoms with E-state index < -0.39 is 0 Å². The Morgan fingerprint density at radius 2 is 2.05 bits per heavy atom. The summed E-state index contributed by atoms with van der Waals surface area (Å²) in [4.78, 5) is 15.9. The fourth-order valence-corrected chi connectivity index (χ4v) is 4.33. The number of carbonyl (C=O) groups is 1. The second kappa shape index (κ2) is 7.41. The lowest BCUT2D eigenvalue weighted by Crippen LogP contribution is -2.45. The zero-order valence-electron chi connectivity index (χ0n) is 13.6. The van der Waals surface area contributed by atoms with Crippen LogP contribution in [0.15, 0.2) is 17.5 Å². The molecule has 2 heterocycles. The van der Waals surface area contributed by atoms with E-state index in [4.69, 9.17) is 0 Å². The minimum absolute atomic E-state index is 0.136. The molecule has 1 aromatic rings. The van der Waals surface area contributed by atoms with Gasteiger partial charge in [0.2, 0.25) is 5.91 Å². The standard InChI is InChI=1S/C17H28N2OS/c1-12(2)17(15-6-5-7-21-15)18-16(20)11-19-9-13(3)8-14(4)10-19/h5-7,12-14,17H,8-11H2,1-4H3,(H,18,20)/t13-,14-,17-/m1/s1. The van der Waals surface area contributed by atoms with Crippen LogP contribution in [-0.4, -0.2) is 30.4 Å². The van der Waals surface area contributed by atoms with Crippen LogP contribution in [0.2, 0.25) is 0 Å². The number of nitrogens with one attached hydrogen (secondary N) is 1. The Labute approximate surface area is 132 Å². The quantitative estimate of drug-likeness (QED) is 0.902. The molecule has 0 unspecified atom stereocenters. The number of hydrogen-bond donors (Lipinski definition) is 1. The summed E-state index contributed by atoms with van der Waals surface area (Å²) >= 11 is 1.72. The van der Waals surface area contributed by atoms with Crippen LogP contribution in [0.25, 0.3) is 0 Å². The third kappa shape index (κ3) is 4.82. The van der Waals surface area contributed by atoms with Crippen molar-refractivity contribution < 1.29 is 4.79 Å². The van der Waals surface area contributed by atoms with Gasteiger partial charge in [0, 0.05) is 18.0 Å². The van der Waals surface area contributed by atoms with Gasteiger partial charge in [0.25, 0.3) is 0 Å². The summed E-state index contributed by atoms with van der Waals surface area (Å²) in [5.41, 5.74) is 0. The van der Waals surface area contributed by atoms with E-state index in [9.17, 15) is 4.79 Å². The molecule has 0 radical (unpaired) electrons. The summed E-state index contributed by atoms with van der Waals surface area (Å²) in [6.45, 7) is 11.5. The van der Waals surface area contributed by atoms with Gasteiger partial charge in [-0.25, -0.2) is 0 Å². The highest BCUT2D eigenvalue weighted by atomic mass is 32.1. The second-order valence-corrected chi connectivity index (χ2v) is 7.92. The largest absolute Gasteiger partial charge is 0.347 e. The van der Waals surface area contributed by atoms with Crippen LogP contribution in [0.4, 0.5) is 0 Å². The molecule has 1 aliphatic heterocycles. The van der Waals surface area contributed by atoms with Gasteiger partial charge in [0.1, 0.15) is 0 Å². The van der Waals surface area contributed by atoms with Crippen LogP contribution >= 0.6 is 11.3 Å². The lowest BCUT2D eigenvalue weighted by atomic mass is 9.92. The molecule has 0 spiro atoms. The fourth-order valence-electron chi connectivity index (χ4n) is 3.38. The molecular formula is C17H28N2OS. The molecule has 1 fully saturated rings. The molecule has 2 rings (SSSR count). The highest BCUT2D eigenvalue weighted by molar-refractivity contribution is 7.10. The number of nitrogens with zero attached hydrogens (tertiary/aromatic N) is 1. The molecule has 1 saturated heterocycles. The highest BCUT2D eigenvalue weighted by Crippen LogP contribution is 2.26. The third-order valence-electron chi connectivity index (χ3n) is 4.14. The van der Waals surface area contributed by atoms with E-state index >= 15 is 0 Å². The zero-order valence-corrected chi connectivity index (χ0v) is 14.5. The van der Waals surface area contributed by atoms with Gasteiger partial charge in [0.05, 0.1) is 12.6 Å². The summed E-state index contributed by atoms with van der Waals surface area (Å²) in [5.74, 6) is 1.95. The zero-order chi connectivity index (χ0) is 15.4. The maximum Gasteiger partial charge on any atom is 0.234 e. The van der Waals surface area contributed by atoms with E-state index in [0.29, 0.717) is 24.3 Å². The van der Waals surface area contributed by atoms with Crippen molar-refractivity contribution in [2.45, 2.75) is 40.2 Å². The molecule has 1 amide bonds. The van der Waals surface area contributed by atoms with Gasteiger partial charge >= 0.3 is 0 Å². The Morgan fingerprint density at radius 1 is 1.38 bits per heavy atom. The molecule has 0 saturated carbocycles. The molecule has 21 heavy (non-hydrogen) atoms. The van der Waals surface area contributed by atoms with E-state index in [1.807, 2.05) is 0 Å². The number of piperidine rings is 1. The minimum Gasteiger partial charge on any atom is -0.347 e. The molecular weight excluding hydrogens is 280 g/mol. The van der Waals surface area contributed by atoms with E-state index in [1.54, 1.807) is 11.3 Å². The van der Waals surface area contributed by atoms with Crippen LogP contribution in [0.1, 0.15) is 45.0 Å². The number of likely N-dealkylation sites (tertiary alicyclic amines) is 1. The second-order valence-electron chi connectivity index (χ2n) is 6.94. The molecule has 0 bridgehead atoms. The first-order valence-electron chi connectivity index (χ1n) is 8.00. The topological polar surface area (TPSA) is 32.3 Å². The van der Waals surface area contributed by atoms with Crippen molar-refractivity contribution in [2.75, 3.05) is 19.6 Å². The van der Waals surface area contributed by atoms with Gasteiger partial charge in [0.15, 0.2) is 0 Å². The number of thiophene rings is 1. The average molecular weight is 308 g/mol. The predicted molar refractivity (Wildman–Crippen MR) is 89.4 cm³/mol. The van der Waals surface area contributed by atoms with Gasteiger partial charge in [-0.05, 0) is 35.6 Å². The molecule has 118 valence electrons. The van der Waals surface area contributed by atoms with Crippen LogP contribution in [0.5, 0.6) is 0 Å². The van der Waals surface area contributed by atoms with Gasteiger partial charge in [-0.3, -0.25) is 9.69 Å². The molecule has 3 atom stereocenters. The van der Waals surface area contributed by atoms with Crippen molar-refractivity contribution in [2.24, 2.45) is 17.8 Å². The Bertz CT molecular complexity index is 434. The molecule has 4 heteroatoms. The van der Waals surface area contributed by atoms with Crippen LogP contribution < -0.4 is 5.32 Å². The average Bonchev–Trinajstić information content (AvgIpc) is 2.87. The normalized spacial score (nSPS) is 25.0. The van der Waals surface area contributed by atoms with Gasteiger partial charge in [-0.15, -0.1) is 11.3 Å². The monoisotopic (exact) mass is 308 g/mol. The summed E-state index contributed by atoms with van der Waals surface area (Å²) in [7, 11) is 0. The number of rotatable bonds is 5. The SMILES string of the molecule is CC(C)[C@@H](NC(=O)CN1C[C@H](C)C[C@@H](C)C1)c1cccs1. The molecule has 1 aromatic heterocycles. The van der Waals surface area contributed by atoms with E-state index in [-0.39, 0.29) is 11.9 Å². The molecule has 3 nitrogen and oxygen atoms in total. The highest BCUT2D eigenvalue weighted by Gasteiger charge is 2.25. The van der Waals surface area contributed by atoms with Gasteiger partial charge in [-0.2, -0.15) is 0 Å². The molecule has 0 aromatic carbocycles. The van der Waals surface area contributed by atoms with Gasteiger partial charge < -0.3 is 5.32 Å². The molecule has 1 N–H and O–H groups in total. The van der Waals surface area contributed by atoms with Crippen molar-refractivity contribution in [1.29, 1.82) is 0 Å². The summed E-state index contributed by atoms with van der Waals surface area (Å²) in [6, 6.07) is 4.30. The molecule has 1 aliphatic rings. The van der Waals surface area contributed by atoms with E-state index in [0.717, 1.165) is 13.1 Å². The van der Waals surface area contributed by atoms with Crippen molar-refractivity contribution in [3.63, 3.8) is 0 Å². The summed E-state index contributed by atoms with van der Waals surface area (Å²) in [5, 5.41) is 5.30. The lowest BCUT2D eigenvalue weighted by Gasteiger charge is -2.34. The Hall–Kier alpha value is -0.870. The first kappa shape index (κ1) is 16.5. The maximum absolute atomic E-state index is 12.4. The van der Waals surface area contributed by atoms with E-state index in [2.05, 4.69) is 55.4 Å². The van der Waals surface area contributed by atoms with Crippen molar-refractivity contribution in [3.8, 4) is 0 Å². The van der Waals surface area contributed by atoms with Crippen LogP contribution in [0, 0.1) is 17.8 Å². The number of amides is 1. The Kier molecular flexibility index (Phi) is 5.82. The van der Waals surface area contributed by atoms with Crippen molar-refractivity contribution in [3.05, 3.63) is 22.4 Å². The van der Waals surface area contributed by atoms with Crippen molar-refractivity contribution >= 4 is 17.2 Å². The molecule has 0 aliphatic carbocycles. The first-order valence-corrected chi connectivity index (χ1v) is 8.88. The third-order valence-corrected chi connectivity index (χ3v) is 5.10. The summed E-state index contributed by atoms with van der Waals surface area (Å²) in [6.07, 6.45) is 1.28. The van der Waals surface area contributed by atoms with Crippen LogP contribution in [-0.2, 0) is 4.79 Å². The number of carbonyl (C=O) groups excluding carboxylic acids is 1. The predicted octanol–water partition coefficient (Wildman–Crippen LogP) is 3.54. The van der Waals surface area contributed by atoms with Crippen molar-refractivity contribution in [1.82, 2.24) is 10.2 Å².